The molecule has 0 unspecified atom stereocenters. The van der Waals surface area contributed by atoms with E-state index in [0.717, 1.165) is 11.0 Å². The molecule has 98 valence electrons. The Hall–Kier alpha value is -0.865. The molecule has 0 atom stereocenters. The molecule has 1 saturated heterocycles. The lowest BCUT2D eigenvalue weighted by molar-refractivity contribution is 0.00578. The topological polar surface area (TPSA) is 18.5 Å². The van der Waals surface area contributed by atoms with Gasteiger partial charge in [0.2, 0.25) is 0 Å². The van der Waals surface area contributed by atoms with Crippen LogP contribution in [0.25, 0.3) is 0 Å². The molecule has 1 aliphatic heterocycles. The first kappa shape index (κ1) is 13.6. The lowest BCUT2D eigenvalue weighted by Gasteiger charge is -2.32. The molecule has 0 bridgehead atoms. The number of benzene rings is 1. The summed E-state index contributed by atoms with van der Waals surface area (Å²) in [4.78, 5) is 0. The maximum absolute atomic E-state index is 13.5. The van der Waals surface area contributed by atoms with E-state index in [0.29, 0.717) is 5.56 Å². The van der Waals surface area contributed by atoms with Crippen molar-refractivity contribution in [2.24, 2.45) is 0 Å². The highest BCUT2D eigenvalue weighted by Crippen LogP contribution is 2.36. The fourth-order valence-electron chi connectivity index (χ4n) is 2.03. The monoisotopic (exact) mass is 250 g/mol. The number of halogens is 1. The van der Waals surface area contributed by atoms with Crippen LogP contribution in [-0.4, -0.2) is 18.3 Å². The molecule has 1 aromatic rings. The van der Waals surface area contributed by atoms with Gasteiger partial charge in [-0.05, 0) is 64.2 Å². The highest BCUT2D eigenvalue weighted by atomic mass is 19.1. The summed E-state index contributed by atoms with van der Waals surface area (Å²) in [5.74, 6) is -0.187. The van der Waals surface area contributed by atoms with Gasteiger partial charge >= 0.3 is 7.12 Å². The van der Waals surface area contributed by atoms with E-state index in [-0.39, 0.29) is 17.0 Å². The third-order valence-electron chi connectivity index (χ3n) is 4.05. The molecule has 0 spiro atoms. The summed E-state index contributed by atoms with van der Waals surface area (Å²) >= 11 is 0. The Morgan fingerprint density at radius 2 is 1.44 bits per heavy atom. The fraction of sp³-hybridized carbons (Fsp3) is 0.571. The molecular formula is C14H20BFO2. The molecule has 2 nitrogen and oxygen atoms in total. The number of rotatable bonds is 1. The average Bonchev–Trinajstić information content (AvgIpc) is 2.42. The van der Waals surface area contributed by atoms with Crippen LogP contribution >= 0.6 is 0 Å². The Balaban J connectivity index is 2.38. The van der Waals surface area contributed by atoms with Crippen LogP contribution in [0.15, 0.2) is 12.1 Å². The van der Waals surface area contributed by atoms with E-state index in [1.807, 2.05) is 40.7 Å². The SMILES string of the molecule is Cc1cc(B2OC(C)(C)C(C)(C)O2)c(C)cc1F. The second-order valence-corrected chi connectivity index (χ2v) is 6.05. The number of aryl methyl sites for hydroxylation is 2. The van der Waals surface area contributed by atoms with Gasteiger partial charge in [0.05, 0.1) is 11.2 Å². The van der Waals surface area contributed by atoms with E-state index in [1.54, 1.807) is 6.92 Å². The largest absolute Gasteiger partial charge is 0.495 e. The summed E-state index contributed by atoms with van der Waals surface area (Å²) in [5.41, 5.74) is 1.65. The third-order valence-corrected chi connectivity index (χ3v) is 4.05. The first-order chi connectivity index (χ1) is 8.14. The predicted octanol–water partition coefficient (Wildman–Crippen LogP) is 2.74. The van der Waals surface area contributed by atoms with Gasteiger partial charge in [-0.3, -0.25) is 0 Å². The van der Waals surface area contributed by atoms with E-state index in [2.05, 4.69) is 0 Å². The van der Waals surface area contributed by atoms with Crippen LogP contribution in [0, 0.1) is 19.7 Å². The predicted molar refractivity (Wildman–Crippen MR) is 71.6 cm³/mol. The third kappa shape index (κ3) is 2.08. The van der Waals surface area contributed by atoms with Crippen LogP contribution < -0.4 is 5.46 Å². The quantitative estimate of drug-likeness (QED) is 0.713. The Labute approximate surface area is 109 Å². The second-order valence-electron chi connectivity index (χ2n) is 6.05. The van der Waals surface area contributed by atoms with Crippen molar-refractivity contribution in [2.75, 3.05) is 0 Å². The van der Waals surface area contributed by atoms with Gasteiger partial charge in [-0.2, -0.15) is 0 Å². The van der Waals surface area contributed by atoms with Crippen LogP contribution in [0.5, 0.6) is 0 Å². The summed E-state index contributed by atoms with van der Waals surface area (Å²) in [5, 5.41) is 0. The summed E-state index contributed by atoms with van der Waals surface area (Å²) in [6.07, 6.45) is 0. The molecule has 1 heterocycles. The lowest BCUT2D eigenvalue weighted by Crippen LogP contribution is -2.41. The minimum absolute atomic E-state index is 0.187. The van der Waals surface area contributed by atoms with Gasteiger partial charge in [0, 0.05) is 0 Å². The van der Waals surface area contributed by atoms with Gasteiger partial charge in [0.1, 0.15) is 5.82 Å². The van der Waals surface area contributed by atoms with E-state index >= 15 is 0 Å². The maximum atomic E-state index is 13.5. The van der Waals surface area contributed by atoms with Gasteiger partial charge in [0.15, 0.2) is 0 Å². The van der Waals surface area contributed by atoms with Crippen LogP contribution in [0.4, 0.5) is 4.39 Å². The molecule has 18 heavy (non-hydrogen) atoms. The number of hydrogen-bond donors (Lipinski definition) is 0. The van der Waals surface area contributed by atoms with Gasteiger partial charge in [0.25, 0.3) is 0 Å². The smallest absolute Gasteiger partial charge is 0.399 e. The molecule has 1 fully saturated rings. The molecule has 1 aliphatic rings. The zero-order chi connectivity index (χ0) is 13.7. The standard InChI is InChI=1S/C14H20BFO2/c1-9-8-12(16)10(2)7-11(9)15-17-13(3,4)14(5,6)18-15/h7-8H,1-6H3. The average molecular weight is 250 g/mol. The van der Waals surface area contributed by atoms with E-state index in [4.69, 9.17) is 9.31 Å². The number of hydrogen-bond acceptors (Lipinski definition) is 2. The summed E-state index contributed by atoms with van der Waals surface area (Å²) in [6, 6.07) is 3.35. The lowest BCUT2D eigenvalue weighted by atomic mass is 9.75. The van der Waals surface area contributed by atoms with Crippen LogP contribution in [-0.2, 0) is 9.31 Å². The minimum Gasteiger partial charge on any atom is -0.399 e. The van der Waals surface area contributed by atoms with Crippen molar-refractivity contribution in [1.29, 1.82) is 0 Å². The van der Waals surface area contributed by atoms with Crippen molar-refractivity contribution in [1.82, 2.24) is 0 Å². The van der Waals surface area contributed by atoms with Crippen molar-refractivity contribution in [2.45, 2.75) is 52.7 Å². The van der Waals surface area contributed by atoms with Gasteiger partial charge < -0.3 is 9.31 Å². The molecule has 0 amide bonds. The van der Waals surface area contributed by atoms with Gasteiger partial charge in [-0.25, -0.2) is 4.39 Å². The van der Waals surface area contributed by atoms with Crippen molar-refractivity contribution < 1.29 is 13.7 Å². The van der Waals surface area contributed by atoms with Gasteiger partial charge in [-0.1, -0.05) is 6.07 Å². The molecule has 0 aliphatic carbocycles. The van der Waals surface area contributed by atoms with Crippen molar-refractivity contribution in [3.8, 4) is 0 Å². The second kappa shape index (κ2) is 4.07. The van der Waals surface area contributed by atoms with E-state index in [9.17, 15) is 4.39 Å². The molecule has 2 rings (SSSR count). The molecule has 0 N–H and O–H groups in total. The normalized spacial score (nSPS) is 21.4. The Morgan fingerprint density at radius 1 is 0.944 bits per heavy atom. The van der Waals surface area contributed by atoms with E-state index in [1.165, 1.54) is 6.07 Å². The molecule has 1 aromatic carbocycles. The Morgan fingerprint density at radius 3 is 1.94 bits per heavy atom. The highest BCUT2D eigenvalue weighted by molar-refractivity contribution is 6.62. The highest BCUT2D eigenvalue weighted by Gasteiger charge is 2.52. The van der Waals surface area contributed by atoms with Crippen LogP contribution in [0.3, 0.4) is 0 Å². The molecular weight excluding hydrogens is 230 g/mol. The maximum Gasteiger partial charge on any atom is 0.495 e. The molecule has 0 aromatic heterocycles. The zero-order valence-electron chi connectivity index (χ0n) is 11.9. The minimum atomic E-state index is -0.422. The zero-order valence-corrected chi connectivity index (χ0v) is 11.9. The molecule has 0 radical (unpaired) electrons. The molecule has 0 saturated carbocycles. The Bertz CT molecular complexity index is 467. The van der Waals surface area contributed by atoms with Crippen molar-refractivity contribution in [3.05, 3.63) is 29.1 Å². The van der Waals surface area contributed by atoms with Crippen molar-refractivity contribution >= 4 is 12.6 Å². The molecule has 4 heteroatoms. The first-order valence-corrected chi connectivity index (χ1v) is 6.26. The summed E-state index contributed by atoms with van der Waals surface area (Å²) in [7, 11) is -0.422. The van der Waals surface area contributed by atoms with E-state index < -0.39 is 7.12 Å². The van der Waals surface area contributed by atoms with Crippen LogP contribution in [0.1, 0.15) is 38.8 Å². The summed E-state index contributed by atoms with van der Waals surface area (Å²) < 4.78 is 25.4. The fourth-order valence-corrected chi connectivity index (χ4v) is 2.03. The summed E-state index contributed by atoms with van der Waals surface area (Å²) in [6.45, 7) is 11.7. The van der Waals surface area contributed by atoms with Crippen molar-refractivity contribution in [3.63, 3.8) is 0 Å². The van der Waals surface area contributed by atoms with Crippen LogP contribution in [0.2, 0.25) is 0 Å². The Kier molecular flexibility index (Phi) is 3.07. The van der Waals surface area contributed by atoms with Gasteiger partial charge in [-0.15, -0.1) is 0 Å². The first-order valence-electron chi connectivity index (χ1n) is 6.26.